The lowest BCUT2D eigenvalue weighted by molar-refractivity contribution is 0.0300. The number of nitrogens with zero attached hydrogens (tertiary/aromatic N) is 1. The standard InChI is InChI=1S/C20H30N2O4S3/c1-27-19-8-7-17(15-18(19)20(23)22-10-12-26-13-11-22)29(24,25)21-9-14-28-16-5-3-2-4-6-16/h7-8,15-16,21H,2-6,9-14H2,1H3. The summed E-state index contributed by atoms with van der Waals surface area (Å²) >= 11 is 3.31. The molecule has 0 aromatic heterocycles. The van der Waals surface area contributed by atoms with Crippen molar-refractivity contribution in [2.45, 2.75) is 47.1 Å². The Morgan fingerprint density at radius 3 is 2.62 bits per heavy atom. The van der Waals surface area contributed by atoms with Gasteiger partial charge in [0, 0.05) is 35.5 Å². The molecule has 1 aromatic rings. The molecule has 0 unspecified atom stereocenters. The van der Waals surface area contributed by atoms with Crippen molar-refractivity contribution in [2.24, 2.45) is 0 Å². The molecular formula is C20H30N2O4S3. The molecule has 1 saturated heterocycles. The van der Waals surface area contributed by atoms with Crippen LogP contribution in [0.4, 0.5) is 0 Å². The number of thioether (sulfide) groups is 2. The first-order valence-electron chi connectivity index (χ1n) is 10.2. The smallest absolute Gasteiger partial charge is 0.255 e. The Kier molecular flexibility index (Phi) is 8.73. The van der Waals surface area contributed by atoms with Crippen LogP contribution in [0.25, 0.3) is 0 Å². The van der Waals surface area contributed by atoms with Crippen LogP contribution in [0.1, 0.15) is 42.5 Å². The molecule has 29 heavy (non-hydrogen) atoms. The molecule has 0 radical (unpaired) electrons. The van der Waals surface area contributed by atoms with Crippen LogP contribution in [-0.2, 0) is 14.8 Å². The van der Waals surface area contributed by atoms with Crippen molar-refractivity contribution in [3.8, 4) is 0 Å². The Labute approximate surface area is 182 Å². The third-order valence-electron chi connectivity index (χ3n) is 5.31. The second kappa shape index (κ2) is 11.0. The van der Waals surface area contributed by atoms with Crippen LogP contribution in [0.15, 0.2) is 28.0 Å². The van der Waals surface area contributed by atoms with E-state index in [1.807, 2.05) is 18.0 Å². The summed E-state index contributed by atoms with van der Waals surface area (Å²) in [4.78, 5) is 15.6. The van der Waals surface area contributed by atoms with Crippen LogP contribution in [0.2, 0.25) is 0 Å². The van der Waals surface area contributed by atoms with Gasteiger partial charge < -0.3 is 9.64 Å². The molecule has 0 atom stereocenters. The third kappa shape index (κ3) is 6.37. The van der Waals surface area contributed by atoms with Gasteiger partial charge in [0.05, 0.1) is 23.7 Å². The number of sulfonamides is 1. The molecule has 1 N–H and O–H groups in total. The maximum Gasteiger partial charge on any atom is 0.255 e. The van der Waals surface area contributed by atoms with Crippen LogP contribution in [0.3, 0.4) is 0 Å². The van der Waals surface area contributed by atoms with Crippen LogP contribution < -0.4 is 4.72 Å². The Bertz CT molecular complexity index is 789. The maximum absolute atomic E-state index is 12.9. The van der Waals surface area contributed by atoms with Crippen molar-refractivity contribution < 1.29 is 17.9 Å². The van der Waals surface area contributed by atoms with Gasteiger partial charge in [0.2, 0.25) is 10.0 Å². The molecule has 2 aliphatic rings. The van der Waals surface area contributed by atoms with E-state index in [-0.39, 0.29) is 10.8 Å². The highest BCUT2D eigenvalue weighted by Gasteiger charge is 2.24. The Morgan fingerprint density at radius 2 is 1.93 bits per heavy atom. The molecule has 9 heteroatoms. The maximum atomic E-state index is 12.9. The molecule has 1 amide bonds. The van der Waals surface area contributed by atoms with E-state index in [9.17, 15) is 13.2 Å². The van der Waals surface area contributed by atoms with E-state index in [2.05, 4.69) is 4.72 Å². The molecule has 1 saturated carbocycles. The van der Waals surface area contributed by atoms with Gasteiger partial charge in [-0.2, -0.15) is 11.8 Å². The topological polar surface area (TPSA) is 75.7 Å². The lowest BCUT2D eigenvalue weighted by Gasteiger charge is -2.27. The Morgan fingerprint density at radius 1 is 1.21 bits per heavy atom. The summed E-state index contributed by atoms with van der Waals surface area (Å²) in [5.74, 6) is 0.634. The van der Waals surface area contributed by atoms with E-state index in [1.54, 1.807) is 17.0 Å². The van der Waals surface area contributed by atoms with E-state index in [0.29, 0.717) is 43.7 Å². The number of morpholine rings is 1. The molecule has 0 spiro atoms. The fraction of sp³-hybridized carbons (Fsp3) is 0.650. The van der Waals surface area contributed by atoms with Crippen molar-refractivity contribution in [2.75, 3.05) is 44.9 Å². The van der Waals surface area contributed by atoms with Crippen molar-refractivity contribution in [1.29, 1.82) is 0 Å². The largest absolute Gasteiger partial charge is 0.378 e. The minimum Gasteiger partial charge on any atom is -0.378 e. The summed E-state index contributed by atoms with van der Waals surface area (Å²) in [6, 6.07) is 4.82. The van der Waals surface area contributed by atoms with Crippen LogP contribution in [0.5, 0.6) is 0 Å². The Balaban J connectivity index is 1.64. The second-order valence-corrected chi connectivity index (χ2v) is 11.3. The molecule has 6 nitrogen and oxygen atoms in total. The number of amides is 1. The fourth-order valence-corrected chi connectivity index (χ4v) is 6.65. The quantitative estimate of drug-likeness (QED) is 0.476. The summed E-state index contributed by atoms with van der Waals surface area (Å²) in [7, 11) is -3.64. The molecule has 0 bridgehead atoms. The summed E-state index contributed by atoms with van der Waals surface area (Å²) in [5.41, 5.74) is 0.443. The first-order chi connectivity index (χ1) is 14.0. The van der Waals surface area contributed by atoms with Gasteiger partial charge >= 0.3 is 0 Å². The normalized spacial score (nSPS) is 18.7. The molecule has 2 fully saturated rings. The average molecular weight is 459 g/mol. The predicted molar refractivity (Wildman–Crippen MR) is 119 cm³/mol. The van der Waals surface area contributed by atoms with Gasteiger partial charge in [0.15, 0.2) is 0 Å². The highest BCUT2D eigenvalue weighted by atomic mass is 32.2. The Hall–Kier alpha value is -0.740. The number of carbonyl (C=O) groups is 1. The summed E-state index contributed by atoms with van der Waals surface area (Å²) in [6.07, 6.45) is 8.25. The second-order valence-electron chi connectivity index (χ2n) is 7.30. The van der Waals surface area contributed by atoms with Crippen molar-refractivity contribution in [3.63, 3.8) is 0 Å². The number of carbonyl (C=O) groups excluding carboxylic acids is 1. The number of nitrogens with one attached hydrogen (secondary N) is 1. The number of benzene rings is 1. The van der Waals surface area contributed by atoms with E-state index in [4.69, 9.17) is 4.74 Å². The molecular weight excluding hydrogens is 428 g/mol. The van der Waals surface area contributed by atoms with Crippen molar-refractivity contribution >= 4 is 39.5 Å². The lowest BCUT2D eigenvalue weighted by Crippen LogP contribution is -2.41. The predicted octanol–water partition coefficient (Wildman–Crippen LogP) is 3.23. The zero-order valence-corrected chi connectivity index (χ0v) is 19.3. The minimum absolute atomic E-state index is 0.137. The third-order valence-corrected chi connectivity index (χ3v) is 8.95. The fourth-order valence-electron chi connectivity index (χ4n) is 3.67. The van der Waals surface area contributed by atoms with Crippen molar-refractivity contribution in [3.05, 3.63) is 23.8 Å². The molecule has 1 aliphatic carbocycles. The zero-order valence-electron chi connectivity index (χ0n) is 16.9. The molecule has 3 rings (SSSR count). The zero-order chi connectivity index (χ0) is 20.7. The monoisotopic (exact) mass is 458 g/mol. The molecule has 1 heterocycles. The van der Waals surface area contributed by atoms with Crippen molar-refractivity contribution in [1.82, 2.24) is 9.62 Å². The van der Waals surface area contributed by atoms with E-state index in [1.165, 1.54) is 49.9 Å². The highest BCUT2D eigenvalue weighted by molar-refractivity contribution is 8.00. The summed E-state index contributed by atoms with van der Waals surface area (Å²) < 4.78 is 33.5. The van der Waals surface area contributed by atoms with Gasteiger partial charge in [-0.3, -0.25) is 4.79 Å². The SMILES string of the molecule is CSc1ccc(S(=O)(=O)NCCSC2CCCCC2)cc1C(=O)N1CCOCC1. The number of hydrogen-bond acceptors (Lipinski definition) is 6. The van der Waals surface area contributed by atoms with Gasteiger partial charge in [-0.05, 0) is 37.3 Å². The van der Waals surface area contributed by atoms with E-state index in [0.717, 1.165) is 10.6 Å². The van der Waals surface area contributed by atoms with Gasteiger partial charge in [0.1, 0.15) is 0 Å². The first kappa shape index (κ1) is 22.9. The van der Waals surface area contributed by atoms with Gasteiger partial charge in [-0.1, -0.05) is 19.3 Å². The average Bonchev–Trinajstić information content (AvgIpc) is 2.77. The highest BCUT2D eigenvalue weighted by Crippen LogP contribution is 2.28. The first-order valence-corrected chi connectivity index (χ1v) is 13.9. The van der Waals surface area contributed by atoms with Gasteiger partial charge in [0.25, 0.3) is 5.91 Å². The molecule has 162 valence electrons. The van der Waals surface area contributed by atoms with Gasteiger partial charge in [-0.15, -0.1) is 11.8 Å². The lowest BCUT2D eigenvalue weighted by atomic mass is 10.0. The molecule has 1 aromatic carbocycles. The van der Waals surface area contributed by atoms with Crippen LogP contribution in [-0.4, -0.2) is 69.3 Å². The van der Waals surface area contributed by atoms with E-state index >= 15 is 0 Å². The molecule has 1 aliphatic heterocycles. The number of rotatable bonds is 8. The van der Waals surface area contributed by atoms with Crippen LogP contribution in [0, 0.1) is 0 Å². The number of hydrogen-bond donors (Lipinski definition) is 1. The van der Waals surface area contributed by atoms with Crippen LogP contribution >= 0.6 is 23.5 Å². The minimum atomic E-state index is -3.64. The summed E-state index contributed by atoms with van der Waals surface area (Å²) in [5, 5.41) is 0.659. The number of ether oxygens (including phenoxy) is 1. The van der Waals surface area contributed by atoms with Gasteiger partial charge in [-0.25, -0.2) is 13.1 Å². The van der Waals surface area contributed by atoms with E-state index < -0.39 is 10.0 Å². The summed E-state index contributed by atoms with van der Waals surface area (Å²) in [6.45, 7) is 2.48.